The van der Waals surface area contributed by atoms with E-state index in [2.05, 4.69) is 10.3 Å². The van der Waals surface area contributed by atoms with Crippen LogP contribution in [0.2, 0.25) is 10.0 Å². The summed E-state index contributed by atoms with van der Waals surface area (Å²) in [6, 6.07) is 8.40. The minimum absolute atomic E-state index is 0. The third-order valence-electron chi connectivity index (χ3n) is 4.20. The van der Waals surface area contributed by atoms with E-state index in [1.807, 2.05) is 13.1 Å². The number of rotatable bonds is 4. The predicted molar refractivity (Wildman–Crippen MR) is 114 cm³/mol. The Kier molecular flexibility index (Phi) is 6.93. The van der Waals surface area contributed by atoms with Crippen LogP contribution in [-0.2, 0) is 11.2 Å². The van der Waals surface area contributed by atoms with Gasteiger partial charge in [0.2, 0.25) is 5.91 Å². The van der Waals surface area contributed by atoms with E-state index in [9.17, 15) is 9.59 Å². The number of carbonyl (C=O) groups excluding carboxylic acids is 2. The van der Waals surface area contributed by atoms with Crippen LogP contribution in [0.4, 0.5) is 5.69 Å². The Morgan fingerprint density at radius 1 is 1.14 bits per heavy atom. The molecule has 1 aromatic carbocycles. The van der Waals surface area contributed by atoms with Crippen molar-refractivity contribution >= 4 is 58.8 Å². The van der Waals surface area contributed by atoms with Crippen molar-refractivity contribution in [1.29, 1.82) is 0 Å². The van der Waals surface area contributed by atoms with Gasteiger partial charge in [-0.2, -0.15) is 0 Å². The number of likely N-dealkylation sites (N-methyl/N-ethyl adjacent to an activating group) is 1. The number of carbonyl (C=O) groups is 2. The Bertz CT molecular complexity index is 1030. The van der Waals surface area contributed by atoms with Crippen LogP contribution in [0.15, 0.2) is 36.5 Å². The van der Waals surface area contributed by atoms with E-state index in [0.29, 0.717) is 11.3 Å². The second-order valence-corrected chi connectivity index (χ2v) is 7.09. The number of benzene rings is 1. The largest absolute Gasteiger partial charge is 0.348 e. The summed E-state index contributed by atoms with van der Waals surface area (Å²) in [7, 11) is 3.42. The highest BCUT2D eigenvalue weighted by molar-refractivity contribution is 6.40. The van der Waals surface area contributed by atoms with Crippen LogP contribution < -0.4 is 5.32 Å². The summed E-state index contributed by atoms with van der Waals surface area (Å²) in [5.74, 6) is -0.456. The van der Waals surface area contributed by atoms with Crippen molar-refractivity contribution in [2.75, 3.05) is 19.4 Å². The van der Waals surface area contributed by atoms with Gasteiger partial charge >= 0.3 is 0 Å². The third kappa shape index (κ3) is 4.24. The molecule has 0 radical (unpaired) electrons. The lowest BCUT2D eigenvalue weighted by molar-refractivity contribution is -0.128. The van der Waals surface area contributed by atoms with Crippen LogP contribution in [0.25, 0.3) is 5.65 Å². The molecule has 148 valence electrons. The molecule has 3 rings (SSSR count). The Morgan fingerprint density at radius 2 is 1.79 bits per heavy atom. The minimum atomic E-state index is -0.426. The lowest BCUT2D eigenvalue weighted by Gasteiger charge is -2.11. The summed E-state index contributed by atoms with van der Waals surface area (Å²) in [6.07, 6.45) is 2.03. The lowest BCUT2D eigenvalue weighted by atomic mass is 10.2. The summed E-state index contributed by atoms with van der Waals surface area (Å²) in [5, 5.41) is 3.35. The first-order chi connectivity index (χ1) is 12.8. The molecule has 0 atom stereocenters. The first kappa shape index (κ1) is 22.0. The van der Waals surface area contributed by atoms with E-state index >= 15 is 0 Å². The molecule has 0 fully saturated rings. The van der Waals surface area contributed by atoms with Gasteiger partial charge in [-0.3, -0.25) is 9.59 Å². The summed E-state index contributed by atoms with van der Waals surface area (Å²) >= 11 is 12.2. The number of nitrogens with one attached hydrogen (secondary N) is 1. The zero-order valence-electron chi connectivity index (χ0n) is 15.5. The molecule has 0 unspecified atom stereocenters. The first-order valence-corrected chi connectivity index (χ1v) is 8.97. The number of halogens is 3. The van der Waals surface area contributed by atoms with E-state index in [4.69, 9.17) is 23.2 Å². The van der Waals surface area contributed by atoms with Crippen LogP contribution in [0.5, 0.6) is 0 Å². The van der Waals surface area contributed by atoms with Crippen molar-refractivity contribution in [1.82, 2.24) is 14.3 Å². The fourth-order valence-electron chi connectivity index (χ4n) is 2.74. The van der Waals surface area contributed by atoms with Crippen molar-refractivity contribution in [3.8, 4) is 0 Å². The molecule has 0 bridgehead atoms. The molecule has 2 heterocycles. The van der Waals surface area contributed by atoms with Crippen molar-refractivity contribution in [2.45, 2.75) is 13.3 Å². The van der Waals surface area contributed by atoms with Gasteiger partial charge in [0.05, 0.1) is 39.1 Å². The first-order valence-electron chi connectivity index (χ1n) is 8.21. The van der Waals surface area contributed by atoms with Crippen molar-refractivity contribution in [2.24, 2.45) is 0 Å². The summed E-state index contributed by atoms with van der Waals surface area (Å²) in [4.78, 5) is 30.9. The Hall–Kier alpha value is -2.28. The predicted octanol–water partition coefficient (Wildman–Crippen LogP) is 4.25. The van der Waals surface area contributed by atoms with Crippen LogP contribution >= 0.6 is 35.6 Å². The number of hydrogen-bond acceptors (Lipinski definition) is 3. The Morgan fingerprint density at radius 3 is 2.39 bits per heavy atom. The number of fused-ring (bicyclic) bond motifs is 1. The molecule has 0 saturated heterocycles. The van der Waals surface area contributed by atoms with Crippen molar-refractivity contribution < 1.29 is 9.59 Å². The number of pyridine rings is 1. The molecule has 9 heteroatoms. The molecule has 0 aliphatic carbocycles. The zero-order chi connectivity index (χ0) is 19.7. The SMILES string of the molecule is Cc1nc2c(NC(=O)c3c(Cl)cccc3Cl)cccn2c1CC(=O)N(C)C.Cl. The molecular weight excluding hydrogens is 423 g/mol. The number of aryl methyl sites for hydroxylation is 1. The highest BCUT2D eigenvalue weighted by Crippen LogP contribution is 2.27. The average molecular weight is 442 g/mol. The molecule has 0 saturated carbocycles. The van der Waals surface area contributed by atoms with Crippen LogP contribution in [0, 0.1) is 6.92 Å². The molecule has 1 N–H and O–H groups in total. The number of nitrogens with zero attached hydrogens (tertiary/aromatic N) is 3. The van der Waals surface area contributed by atoms with Gasteiger partial charge in [-0.15, -0.1) is 12.4 Å². The normalized spacial score (nSPS) is 10.5. The maximum absolute atomic E-state index is 12.7. The van der Waals surface area contributed by atoms with Crippen LogP contribution in [0.1, 0.15) is 21.7 Å². The molecule has 0 aliphatic rings. The van der Waals surface area contributed by atoms with Gasteiger partial charge < -0.3 is 14.6 Å². The number of anilines is 1. The quantitative estimate of drug-likeness (QED) is 0.658. The molecule has 2 amide bonds. The molecule has 0 aliphatic heterocycles. The summed E-state index contributed by atoms with van der Waals surface area (Å²) in [6.45, 7) is 1.84. The second kappa shape index (κ2) is 8.82. The van der Waals surface area contributed by atoms with Crippen molar-refractivity contribution in [3.05, 3.63) is 63.5 Å². The number of hydrogen-bond donors (Lipinski definition) is 1. The van der Waals surface area contributed by atoms with Gasteiger partial charge in [0.15, 0.2) is 5.65 Å². The zero-order valence-corrected chi connectivity index (χ0v) is 17.8. The van der Waals surface area contributed by atoms with Gasteiger partial charge in [0.25, 0.3) is 5.91 Å². The van der Waals surface area contributed by atoms with Gasteiger partial charge in [-0.05, 0) is 31.2 Å². The average Bonchev–Trinajstić information content (AvgIpc) is 2.91. The van der Waals surface area contributed by atoms with E-state index in [1.165, 1.54) is 4.90 Å². The van der Waals surface area contributed by atoms with Gasteiger partial charge in [0.1, 0.15) is 0 Å². The molecular formula is C19H19Cl3N4O2. The number of aromatic nitrogens is 2. The molecule has 0 spiro atoms. The molecule has 28 heavy (non-hydrogen) atoms. The van der Waals surface area contributed by atoms with Gasteiger partial charge in [0, 0.05) is 20.3 Å². The second-order valence-electron chi connectivity index (χ2n) is 6.28. The third-order valence-corrected chi connectivity index (χ3v) is 4.83. The fourth-order valence-corrected chi connectivity index (χ4v) is 3.31. The standard InChI is InChI=1S/C19H18Cl2N4O2.ClH/c1-11-15(10-16(26)24(2)3)25-9-5-8-14(18(25)22-11)23-19(27)17-12(20)6-4-7-13(17)21;/h4-9H,10H2,1-3H3,(H,23,27);1H. The van der Waals surface area contributed by atoms with E-state index in [0.717, 1.165) is 11.4 Å². The highest BCUT2D eigenvalue weighted by Gasteiger charge is 2.19. The smallest absolute Gasteiger partial charge is 0.258 e. The number of amides is 2. The highest BCUT2D eigenvalue weighted by atomic mass is 35.5. The minimum Gasteiger partial charge on any atom is -0.348 e. The van der Waals surface area contributed by atoms with E-state index < -0.39 is 5.91 Å². The number of imidazole rings is 1. The van der Waals surface area contributed by atoms with E-state index in [-0.39, 0.29) is 40.3 Å². The Labute approximate surface area is 178 Å². The van der Waals surface area contributed by atoms with E-state index in [1.54, 1.807) is 48.8 Å². The molecule has 6 nitrogen and oxygen atoms in total. The van der Waals surface area contributed by atoms with Crippen LogP contribution in [0.3, 0.4) is 0 Å². The fraction of sp³-hybridized carbons (Fsp3) is 0.211. The van der Waals surface area contributed by atoms with Gasteiger partial charge in [-0.1, -0.05) is 29.3 Å². The van der Waals surface area contributed by atoms with Crippen molar-refractivity contribution in [3.63, 3.8) is 0 Å². The maximum atomic E-state index is 12.7. The topological polar surface area (TPSA) is 66.7 Å². The monoisotopic (exact) mass is 440 g/mol. The molecule has 3 aromatic rings. The molecule has 2 aromatic heterocycles. The van der Waals surface area contributed by atoms with Gasteiger partial charge in [-0.25, -0.2) is 4.98 Å². The maximum Gasteiger partial charge on any atom is 0.258 e. The lowest BCUT2D eigenvalue weighted by Crippen LogP contribution is -2.24. The Balaban J connectivity index is 0.00000280. The summed E-state index contributed by atoms with van der Waals surface area (Å²) < 4.78 is 1.81. The summed E-state index contributed by atoms with van der Waals surface area (Å²) in [5.41, 5.74) is 2.76. The van der Waals surface area contributed by atoms with Crippen LogP contribution in [-0.4, -0.2) is 40.2 Å².